The monoisotopic (exact) mass is 254 g/mol. The Kier molecular flexibility index (Phi) is 3.27. The second-order valence-corrected chi connectivity index (χ2v) is 7.11. The van der Waals surface area contributed by atoms with E-state index in [2.05, 4.69) is 0 Å². The van der Waals surface area contributed by atoms with Crippen molar-refractivity contribution in [1.29, 1.82) is 0 Å². The quantitative estimate of drug-likeness (QED) is 0.878. The maximum atomic E-state index is 12.3. The van der Waals surface area contributed by atoms with Gasteiger partial charge in [-0.1, -0.05) is 6.07 Å². The van der Waals surface area contributed by atoms with E-state index in [-0.39, 0.29) is 0 Å². The van der Waals surface area contributed by atoms with Crippen LogP contribution in [0.5, 0.6) is 0 Å². The highest BCUT2D eigenvalue weighted by atomic mass is 32.2. The average molecular weight is 254 g/mol. The lowest BCUT2D eigenvalue weighted by Gasteiger charge is -2.12. The molecule has 0 spiro atoms. The first-order valence-electron chi connectivity index (χ1n) is 5.90. The van der Waals surface area contributed by atoms with E-state index in [1.807, 2.05) is 19.9 Å². The van der Waals surface area contributed by atoms with E-state index in [0.717, 1.165) is 11.1 Å². The molecule has 1 fully saturated rings. The summed E-state index contributed by atoms with van der Waals surface area (Å²) < 4.78 is 24.7. The van der Waals surface area contributed by atoms with E-state index in [1.165, 1.54) is 0 Å². The van der Waals surface area contributed by atoms with E-state index < -0.39 is 21.2 Å². The van der Waals surface area contributed by atoms with Crippen LogP contribution < -0.4 is 0 Å². The molecule has 2 atom stereocenters. The molecule has 3 nitrogen and oxygen atoms in total. The average Bonchev–Trinajstić information content (AvgIpc) is 2.69. The first-order valence-corrected chi connectivity index (χ1v) is 7.45. The molecule has 2 unspecified atom stereocenters. The van der Waals surface area contributed by atoms with Gasteiger partial charge in [0.2, 0.25) is 0 Å². The zero-order valence-electron chi connectivity index (χ0n) is 10.2. The summed E-state index contributed by atoms with van der Waals surface area (Å²) in [7, 11) is -3.27. The van der Waals surface area contributed by atoms with Gasteiger partial charge >= 0.3 is 0 Å². The Morgan fingerprint density at radius 2 is 1.88 bits per heavy atom. The number of aliphatic hydroxyl groups excluding tert-OH is 1. The minimum atomic E-state index is -3.27. The molecule has 1 aromatic carbocycles. The maximum Gasteiger partial charge on any atom is 0.181 e. The molecule has 1 N–H and O–H groups in total. The Hall–Kier alpha value is -0.870. The second-order valence-electron chi connectivity index (χ2n) is 4.88. The minimum absolute atomic E-state index is 0.370. The van der Waals surface area contributed by atoms with Gasteiger partial charge in [-0.3, -0.25) is 0 Å². The number of aryl methyl sites for hydroxylation is 2. The summed E-state index contributed by atoms with van der Waals surface area (Å²) in [6.07, 6.45) is 1.07. The van der Waals surface area contributed by atoms with E-state index >= 15 is 0 Å². The molecular formula is C13H18O3S. The van der Waals surface area contributed by atoms with Crippen LogP contribution in [0.25, 0.3) is 0 Å². The summed E-state index contributed by atoms with van der Waals surface area (Å²) in [5.41, 5.74) is 2.08. The summed E-state index contributed by atoms with van der Waals surface area (Å²) in [6.45, 7) is 3.88. The third-order valence-corrected chi connectivity index (χ3v) is 5.82. The summed E-state index contributed by atoms with van der Waals surface area (Å²) in [5.74, 6) is 0. The van der Waals surface area contributed by atoms with Gasteiger partial charge in [0.15, 0.2) is 9.84 Å². The molecule has 4 heteroatoms. The van der Waals surface area contributed by atoms with Crippen LogP contribution in [-0.4, -0.2) is 24.9 Å². The highest BCUT2D eigenvalue weighted by Crippen LogP contribution is 2.30. The van der Waals surface area contributed by atoms with Crippen molar-refractivity contribution in [3.8, 4) is 0 Å². The van der Waals surface area contributed by atoms with E-state index in [1.54, 1.807) is 12.1 Å². The molecule has 0 amide bonds. The zero-order chi connectivity index (χ0) is 12.6. The third-order valence-electron chi connectivity index (χ3n) is 3.60. The summed E-state index contributed by atoms with van der Waals surface area (Å²) in [6, 6.07) is 5.24. The van der Waals surface area contributed by atoms with Crippen LogP contribution in [0.1, 0.15) is 30.4 Å². The van der Waals surface area contributed by atoms with Crippen molar-refractivity contribution in [1.82, 2.24) is 0 Å². The van der Waals surface area contributed by atoms with Gasteiger partial charge in [-0.15, -0.1) is 0 Å². The molecule has 0 aliphatic heterocycles. The summed E-state index contributed by atoms with van der Waals surface area (Å²) in [5, 5.41) is 9.03. The molecule has 2 rings (SSSR count). The van der Waals surface area contributed by atoms with Gasteiger partial charge < -0.3 is 5.11 Å². The number of sulfone groups is 1. The molecule has 1 aliphatic rings. The topological polar surface area (TPSA) is 54.4 Å². The van der Waals surface area contributed by atoms with Crippen molar-refractivity contribution >= 4 is 9.84 Å². The van der Waals surface area contributed by atoms with Crippen LogP contribution in [-0.2, 0) is 9.84 Å². The molecule has 1 saturated carbocycles. The summed E-state index contributed by atoms with van der Waals surface area (Å²) in [4.78, 5) is 0.389. The molecule has 0 radical (unpaired) electrons. The molecular weight excluding hydrogens is 236 g/mol. The molecule has 0 saturated heterocycles. The number of hydrogen-bond acceptors (Lipinski definition) is 3. The Morgan fingerprint density at radius 1 is 1.18 bits per heavy atom. The van der Waals surface area contributed by atoms with Crippen molar-refractivity contribution in [2.75, 3.05) is 0 Å². The standard InChI is InChI=1S/C13H18O3S/c1-9-3-5-12(7-10(9)2)17(15,16)13-6-4-11(14)8-13/h3,5,7,11,13-14H,4,6,8H2,1-2H3. The number of hydrogen-bond donors (Lipinski definition) is 1. The summed E-state index contributed by atoms with van der Waals surface area (Å²) >= 11 is 0. The fourth-order valence-electron chi connectivity index (χ4n) is 2.28. The van der Waals surface area contributed by atoms with Gasteiger partial charge in [0.1, 0.15) is 0 Å². The minimum Gasteiger partial charge on any atom is -0.393 e. The van der Waals surface area contributed by atoms with Gasteiger partial charge in [-0.25, -0.2) is 8.42 Å². The van der Waals surface area contributed by atoms with Crippen molar-refractivity contribution in [2.45, 2.75) is 49.4 Å². The molecule has 0 aromatic heterocycles. The second kappa shape index (κ2) is 4.42. The molecule has 0 bridgehead atoms. The molecule has 0 heterocycles. The lowest BCUT2D eigenvalue weighted by molar-refractivity contribution is 0.183. The highest BCUT2D eigenvalue weighted by Gasteiger charge is 2.34. The van der Waals surface area contributed by atoms with Gasteiger partial charge in [-0.05, 0) is 56.4 Å². The molecule has 1 aliphatic carbocycles. The zero-order valence-corrected chi connectivity index (χ0v) is 11.0. The van der Waals surface area contributed by atoms with Crippen LogP contribution in [0, 0.1) is 13.8 Å². The van der Waals surface area contributed by atoms with Gasteiger partial charge in [0.25, 0.3) is 0 Å². The predicted molar refractivity (Wildman–Crippen MR) is 66.7 cm³/mol. The third kappa shape index (κ3) is 2.38. The van der Waals surface area contributed by atoms with E-state index in [4.69, 9.17) is 0 Å². The Labute approximate surface area is 102 Å². The van der Waals surface area contributed by atoms with E-state index in [0.29, 0.717) is 24.2 Å². The van der Waals surface area contributed by atoms with Crippen LogP contribution in [0.3, 0.4) is 0 Å². The lowest BCUT2D eigenvalue weighted by Crippen LogP contribution is -2.19. The molecule has 17 heavy (non-hydrogen) atoms. The van der Waals surface area contributed by atoms with Crippen LogP contribution >= 0.6 is 0 Å². The van der Waals surface area contributed by atoms with E-state index in [9.17, 15) is 13.5 Å². The fourth-order valence-corrected chi connectivity index (χ4v) is 4.19. The normalized spacial score (nSPS) is 25.1. The molecule has 1 aromatic rings. The largest absolute Gasteiger partial charge is 0.393 e. The Morgan fingerprint density at radius 3 is 2.41 bits per heavy atom. The van der Waals surface area contributed by atoms with Crippen molar-refractivity contribution < 1.29 is 13.5 Å². The fraction of sp³-hybridized carbons (Fsp3) is 0.538. The molecule has 94 valence electrons. The van der Waals surface area contributed by atoms with Crippen LogP contribution in [0.4, 0.5) is 0 Å². The van der Waals surface area contributed by atoms with Crippen molar-refractivity contribution in [3.05, 3.63) is 29.3 Å². The first kappa shape index (κ1) is 12.6. The van der Waals surface area contributed by atoms with Crippen LogP contribution in [0.15, 0.2) is 23.1 Å². The smallest absolute Gasteiger partial charge is 0.181 e. The number of aliphatic hydroxyl groups is 1. The van der Waals surface area contributed by atoms with Crippen molar-refractivity contribution in [3.63, 3.8) is 0 Å². The lowest BCUT2D eigenvalue weighted by atomic mass is 10.1. The van der Waals surface area contributed by atoms with Gasteiger partial charge in [0.05, 0.1) is 16.2 Å². The van der Waals surface area contributed by atoms with Crippen molar-refractivity contribution in [2.24, 2.45) is 0 Å². The maximum absolute atomic E-state index is 12.3. The Bertz CT molecular complexity index is 519. The predicted octanol–water partition coefficient (Wildman–Crippen LogP) is 1.99. The van der Waals surface area contributed by atoms with Crippen LogP contribution in [0.2, 0.25) is 0 Å². The highest BCUT2D eigenvalue weighted by molar-refractivity contribution is 7.92. The Balaban J connectivity index is 2.35. The van der Waals surface area contributed by atoms with Gasteiger partial charge in [0, 0.05) is 0 Å². The first-order chi connectivity index (χ1) is 7.91. The number of rotatable bonds is 2. The number of benzene rings is 1. The SMILES string of the molecule is Cc1ccc(S(=O)(=O)C2CCC(O)C2)cc1C. The van der Waals surface area contributed by atoms with Gasteiger partial charge in [-0.2, -0.15) is 0 Å².